The minimum Gasteiger partial charge on any atom is -0.497 e. The molecule has 1 saturated carbocycles. The van der Waals surface area contributed by atoms with Crippen molar-refractivity contribution in [1.29, 1.82) is 0 Å². The fourth-order valence-corrected chi connectivity index (χ4v) is 4.35. The van der Waals surface area contributed by atoms with Gasteiger partial charge in [-0.3, -0.25) is 0 Å². The first-order valence-electron chi connectivity index (χ1n) is 10.0. The Labute approximate surface area is 178 Å². The van der Waals surface area contributed by atoms with Crippen molar-refractivity contribution in [3.05, 3.63) is 35.0 Å². The third kappa shape index (κ3) is 4.66. The van der Waals surface area contributed by atoms with E-state index in [0.29, 0.717) is 39.7 Å². The van der Waals surface area contributed by atoms with Gasteiger partial charge in [0.1, 0.15) is 17.6 Å². The Bertz CT molecular complexity index is 823. The van der Waals surface area contributed by atoms with Gasteiger partial charge in [-0.25, -0.2) is 4.79 Å². The zero-order valence-electron chi connectivity index (χ0n) is 17.7. The van der Waals surface area contributed by atoms with Crippen LogP contribution in [0.4, 0.5) is 0 Å². The number of allylic oxidation sites excluding steroid dienone is 1. The molecule has 7 heteroatoms. The number of ether oxygens (including phenoxy) is 3. The highest BCUT2D eigenvalue weighted by molar-refractivity contribution is 7.80. The minimum absolute atomic E-state index is 0.0595. The highest BCUT2D eigenvalue weighted by atomic mass is 32.1. The first kappa shape index (κ1) is 21.4. The van der Waals surface area contributed by atoms with Crippen LogP contribution >= 0.6 is 12.2 Å². The predicted octanol–water partition coefficient (Wildman–Crippen LogP) is 3.86. The maximum atomic E-state index is 13.2. The highest BCUT2D eigenvalue weighted by Gasteiger charge is 2.35. The lowest BCUT2D eigenvalue weighted by molar-refractivity contribution is -0.147. The van der Waals surface area contributed by atoms with Crippen LogP contribution in [-0.4, -0.2) is 31.4 Å². The van der Waals surface area contributed by atoms with E-state index in [1.165, 1.54) is 0 Å². The largest absolute Gasteiger partial charge is 0.497 e. The number of nitrogens with one attached hydrogen (secondary N) is 2. The molecule has 1 aromatic carbocycles. The zero-order valence-corrected chi connectivity index (χ0v) is 18.5. The Morgan fingerprint density at radius 1 is 1.14 bits per heavy atom. The zero-order chi connectivity index (χ0) is 21.1. The van der Waals surface area contributed by atoms with Crippen molar-refractivity contribution in [3.63, 3.8) is 0 Å². The van der Waals surface area contributed by atoms with E-state index >= 15 is 0 Å². The predicted molar refractivity (Wildman–Crippen MR) is 116 cm³/mol. The van der Waals surface area contributed by atoms with Gasteiger partial charge >= 0.3 is 5.97 Å². The number of methoxy groups -OCH3 is 2. The van der Waals surface area contributed by atoms with E-state index in [0.717, 1.165) is 24.8 Å². The molecule has 1 heterocycles. The molecule has 0 saturated heterocycles. The van der Waals surface area contributed by atoms with Gasteiger partial charge in [0.25, 0.3) is 0 Å². The summed E-state index contributed by atoms with van der Waals surface area (Å²) in [6.07, 6.45) is 2.81. The summed E-state index contributed by atoms with van der Waals surface area (Å²) in [5, 5.41) is 6.71. The molecule has 0 spiro atoms. The molecule has 2 aliphatic rings. The molecule has 0 radical (unpaired) electrons. The van der Waals surface area contributed by atoms with Crippen LogP contribution < -0.4 is 20.1 Å². The van der Waals surface area contributed by atoms with Gasteiger partial charge in [0, 0.05) is 11.3 Å². The third-order valence-corrected chi connectivity index (χ3v) is 6.28. The van der Waals surface area contributed by atoms with Crippen molar-refractivity contribution in [2.24, 2.45) is 11.8 Å². The molecule has 0 amide bonds. The molecule has 6 nitrogen and oxygen atoms in total. The number of esters is 1. The van der Waals surface area contributed by atoms with Crippen LogP contribution in [-0.2, 0) is 9.53 Å². The Morgan fingerprint density at radius 2 is 1.90 bits per heavy atom. The molecular formula is C22H30N2O4S. The highest BCUT2D eigenvalue weighted by Crippen LogP contribution is 2.37. The maximum absolute atomic E-state index is 13.2. The second kappa shape index (κ2) is 9.03. The second-order valence-electron chi connectivity index (χ2n) is 7.97. The average Bonchev–Trinajstić information content (AvgIpc) is 2.69. The molecule has 0 bridgehead atoms. The van der Waals surface area contributed by atoms with Gasteiger partial charge in [0.05, 0.1) is 25.8 Å². The molecule has 4 atom stereocenters. The number of benzene rings is 1. The SMILES string of the molecule is COc1ccc(OC)c([C@H]2NC(=S)NC(C)=C2C(=O)O[C@@H]2CC[C@H](C)[C@H](C)C2)c1. The van der Waals surface area contributed by atoms with Crippen molar-refractivity contribution in [2.75, 3.05) is 14.2 Å². The van der Waals surface area contributed by atoms with E-state index < -0.39 is 6.04 Å². The van der Waals surface area contributed by atoms with Gasteiger partial charge in [-0.15, -0.1) is 0 Å². The van der Waals surface area contributed by atoms with Gasteiger partial charge < -0.3 is 24.8 Å². The van der Waals surface area contributed by atoms with E-state index in [-0.39, 0.29) is 12.1 Å². The first-order valence-corrected chi connectivity index (χ1v) is 10.5. The summed E-state index contributed by atoms with van der Waals surface area (Å²) in [7, 11) is 3.21. The molecule has 3 rings (SSSR count). The van der Waals surface area contributed by atoms with E-state index in [4.69, 9.17) is 26.4 Å². The molecule has 1 fully saturated rings. The number of carbonyl (C=O) groups excluding carboxylic acids is 1. The van der Waals surface area contributed by atoms with Crippen molar-refractivity contribution < 1.29 is 19.0 Å². The van der Waals surface area contributed by atoms with Crippen molar-refractivity contribution in [3.8, 4) is 11.5 Å². The fraction of sp³-hybridized carbons (Fsp3) is 0.545. The summed E-state index contributed by atoms with van der Waals surface area (Å²) < 4.78 is 16.9. The molecule has 1 aliphatic heterocycles. The molecule has 1 aliphatic carbocycles. The van der Waals surface area contributed by atoms with Crippen LogP contribution in [0.15, 0.2) is 29.5 Å². The Morgan fingerprint density at radius 3 is 2.55 bits per heavy atom. The maximum Gasteiger partial charge on any atom is 0.338 e. The Balaban J connectivity index is 1.91. The van der Waals surface area contributed by atoms with E-state index in [9.17, 15) is 4.79 Å². The normalized spacial score (nSPS) is 27.0. The second-order valence-corrected chi connectivity index (χ2v) is 8.38. The number of thiocarbonyl (C=S) groups is 1. The lowest BCUT2D eigenvalue weighted by atomic mass is 9.80. The average molecular weight is 419 g/mol. The van der Waals surface area contributed by atoms with Crippen molar-refractivity contribution in [1.82, 2.24) is 10.6 Å². The number of carbonyl (C=O) groups is 1. The molecule has 0 aromatic heterocycles. The standard InChI is InChI=1S/C22H30N2O4S/c1-12-6-7-16(10-13(12)2)28-21(25)19-14(3)23-22(29)24-20(19)17-11-15(26-4)8-9-18(17)27-5/h8-9,11-13,16,20H,6-7,10H2,1-5H3,(H2,23,24,29)/t12-,13+,16+,20+/m0/s1. The van der Waals surface area contributed by atoms with E-state index in [2.05, 4.69) is 24.5 Å². The van der Waals surface area contributed by atoms with Crippen LogP contribution in [0.2, 0.25) is 0 Å². The van der Waals surface area contributed by atoms with Gasteiger partial charge in [0.15, 0.2) is 5.11 Å². The minimum atomic E-state index is -0.485. The molecule has 2 N–H and O–H groups in total. The summed E-state index contributed by atoms with van der Waals surface area (Å²) in [5.74, 6) is 2.20. The third-order valence-electron chi connectivity index (χ3n) is 6.06. The molecule has 158 valence electrons. The molecule has 0 unspecified atom stereocenters. The van der Waals surface area contributed by atoms with E-state index in [1.54, 1.807) is 14.2 Å². The van der Waals surface area contributed by atoms with Gasteiger partial charge in [-0.05, 0) is 68.4 Å². The van der Waals surface area contributed by atoms with Crippen LogP contribution in [0.5, 0.6) is 11.5 Å². The quantitative estimate of drug-likeness (QED) is 0.556. The molecular weight excluding hydrogens is 388 g/mol. The summed E-state index contributed by atoms with van der Waals surface area (Å²) in [6.45, 7) is 6.33. The summed E-state index contributed by atoms with van der Waals surface area (Å²) >= 11 is 5.35. The molecule has 1 aromatic rings. The van der Waals surface area contributed by atoms with Gasteiger partial charge in [-0.1, -0.05) is 13.8 Å². The number of rotatable bonds is 5. The van der Waals surface area contributed by atoms with E-state index in [1.807, 2.05) is 25.1 Å². The first-order chi connectivity index (χ1) is 13.8. The van der Waals surface area contributed by atoms with Crippen LogP contribution in [0.25, 0.3) is 0 Å². The number of hydrogen-bond donors (Lipinski definition) is 2. The van der Waals surface area contributed by atoms with Crippen LogP contribution in [0.3, 0.4) is 0 Å². The van der Waals surface area contributed by atoms with Crippen LogP contribution in [0.1, 0.15) is 51.6 Å². The topological polar surface area (TPSA) is 68.8 Å². The monoisotopic (exact) mass is 418 g/mol. The van der Waals surface area contributed by atoms with Crippen molar-refractivity contribution >= 4 is 23.3 Å². The van der Waals surface area contributed by atoms with Gasteiger partial charge in [0.2, 0.25) is 0 Å². The summed E-state index contributed by atoms with van der Waals surface area (Å²) in [5.41, 5.74) is 1.97. The lowest BCUT2D eigenvalue weighted by Crippen LogP contribution is -2.45. The Hall–Kier alpha value is -2.28. The summed E-state index contributed by atoms with van der Waals surface area (Å²) in [4.78, 5) is 13.2. The summed E-state index contributed by atoms with van der Waals surface area (Å²) in [6, 6.07) is 5.01. The van der Waals surface area contributed by atoms with Gasteiger partial charge in [-0.2, -0.15) is 0 Å². The molecule has 29 heavy (non-hydrogen) atoms. The lowest BCUT2D eigenvalue weighted by Gasteiger charge is -2.34. The number of hydrogen-bond acceptors (Lipinski definition) is 5. The smallest absolute Gasteiger partial charge is 0.338 e. The fourth-order valence-electron chi connectivity index (χ4n) is 4.08. The van der Waals surface area contributed by atoms with Crippen molar-refractivity contribution in [2.45, 2.75) is 52.2 Å². The Kier molecular flexibility index (Phi) is 6.67. The van der Waals surface area contributed by atoms with Crippen LogP contribution in [0, 0.1) is 11.8 Å².